The Bertz CT molecular complexity index is 497. The Kier molecular flexibility index (Phi) is 7.39. The molecule has 6 nitrogen and oxygen atoms in total. The maximum Gasteiger partial charge on any atom is 0.304 e. The van der Waals surface area contributed by atoms with Crippen molar-refractivity contribution in [3.05, 3.63) is 29.3 Å². The van der Waals surface area contributed by atoms with Crippen LogP contribution in [0.2, 0.25) is 0 Å². The predicted molar refractivity (Wildman–Crippen MR) is 84.2 cm³/mol. The molecule has 0 fully saturated rings. The zero-order valence-electron chi connectivity index (χ0n) is 13.4. The molecule has 0 radical (unpaired) electrons. The summed E-state index contributed by atoms with van der Waals surface area (Å²) in [4.78, 5) is 23.8. The molecule has 0 saturated carbocycles. The number of carbonyl (C=O) groups excluding carboxylic acids is 1. The van der Waals surface area contributed by atoms with Gasteiger partial charge in [0.15, 0.2) is 0 Å². The maximum absolute atomic E-state index is 11.7. The first-order valence-electron chi connectivity index (χ1n) is 7.26. The van der Waals surface area contributed by atoms with Crippen LogP contribution in [0.3, 0.4) is 0 Å². The average molecular weight is 308 g/mol. The molecule has 0 spiro atoms. The van der Waals surface area contributed by atoms with Gasteiger partial charge in [-0.3, -0.25) is 14.5 Å². The number of rotatable bonds is 9. The van der Waals surface area contributed by atoms with Crippen molar-refractivity contribution in [2.24, 2.45) is 0 Å². The molecular formula is C16H24N2O4. The third-order valence-corrected chi connectivity index (χ3v) is 3.20. The number of hydrogen-bond acceptors (Lipinski definition) is 4. The first kappa shape index (κ1) is 18.0. The van der Waals surface area contributed by atoms with Gasteiger partial charge in [0, 0.05) is 6.54 Å². The Morgan fingerprint density at radius 1 is 1.27 bits per heavy atom. The number of benzene rings is 1. The van der Waals surface area contributed by atoms with E-state index in [1.165, 1.54) is 0 Å². The quantitative estimate of drug-likeness (QED) is 0.670. The number of amides is 1. The minimum absolute atomic E-state index is 0.0272. The molecule has 0 aromatic heterocycles. The second-order valence-corrected chi connectivity index (χ2v) is 5.30. The molecule has 0 aliphatic heterocycles. The van der Waals surface area contributed by atoms with Gasteiger partial charge in [0.1, 0.15) is 12.4 Å². The first-order valence-corrected chi connectivity index (χ1v) is 7.26. The summed E-state index contributed by atoms with van der Waals surface area (Å²) in [7, 11) is 1.72. The van der Waals surface area contributed by atoms with Gasteiger partial charge >= 0.3 is 5.97 Å². The van der Waals surface area contributed by atoms with E-state index in [2.05, 4.69) is 5.32 Å². The Labute approximate surface area is 131 Å². The SMILES string of the molecule is Cc1cccc(C)c1OCCNC(=O)CN(C)CCC(=O)O. The number of para-hydroxylation sites is 1. The van der Waals surface area contributed by atoms with E-state index < -0.39 is 5.97 Å². The van der Waals surface area contributed by atoms with Crippen molar-refractivity contribution in [1.82, 2.24) is 10.2 Å². The number of aryl methyl sites for hydroxylation is 2. The molecule has 0 saturated heterocycles. The van der Waals surface area contributed by atoms with Crippen LogP contribution in [0, 0.1) is 13.8 Å². The molecule has 2 N–H and O–H groups in total. The van der Waals surface area contributed by atoms with E-state index in [0.29, 0.717) is 19.7 Å². The third-order valence-electron chi connectivity index (χ3n) is 3.20. The number of likely N-dealkylation sites (N-methyl/N-ethyl adjacent to an activating group) is 1. The van der Waals surface area contributed by atoms with Crippen LogP contribution in [-0.4, -0.2) is 55.2 Å². The zero-order valence-corrected chi connectivity index (χ0v) is 13.4. The number of hydrogen-bond donors (Lipinski definition) is 2. The lowest BCUT2D eigenvalue weighted by atomic mass is 10.1. The lowest BCUT2D eigenvalue weighted by molar-refractivity contribution is -0.137. The summed E-state index contributed by atoms with van der Waals surface area (Å²) in [6.45, 7) is 5.31. The molecule has 0 bridgehead atoms. The Morgan fingerprint density at radius 2 is 1.91 bits per heavy atom. The highest BCUT2D eigenvalue weighted by atomic mass is 16.5. The molecule has 1 amide bonds. The monoisotopic (exact) mass is 308 g/mol. The lowest BCUT2D eigenvalue weighted by Gasteiger charge is -2.15. The smallest absolute Gasteiger partial charge is 0.304 e. The molecule has 0 unspecified atom stereocenters. The molecule has 122 valence electrons. The summed E-state index contributed by atoms with van der Waals surface area (Å²) in [6, 6.07) is 5.95. The van der Waals surface area contributed by atoms with Crippen molar-refractivity contribution in [3.63, 3.8) is 0 Å². The fourth-order valence-electron chi connectivity index (χ4n) is 2.04. The van der Waals surface area contributed by atoms with E-state index in [0.717, 1.165) is 16.9 Å². The van der Waals surface area contributed by atoms with Gasteiger partial charge in [-0.25, -0.2) is 0 Å². The van der Waals surface area contributed by atoms with Gasteiger partial charge in [0.25, 0.3) is 0 Å². The molecular weight excluding hydrogens is 284 g/mol. The van der Waals surface area contributed by atoms with E-state index in [1.54, 1.807) is 11.9 Å². The minimum Gasteiger partial charge on any atom is -0.491 e. The Balaban J connectivity index is 2.24. The number of carboxylic acid groups (broad SMARTS) is 1. The summed E-state index contributed by atoms with van der Waals surface area (Å²) in [6.07, 6.45) is 0.0272. The highest BCUT2D eigenvalue weighted by Crippen LogP contribution is 2.21. The van der Waals surface area contributed by atoms with Crippen molar-refractivity contribution < 1.29 is 19.4 Å². The van der Waals surface area contributed by atoms with Crippen molar-refractivity contribution in [2.45, 2.75) is 20.3 Å². The van der Waals surface area contributed by atoms with Crippen molar-refractivity contribution in [1.29, 1.82) is 0 Å². The highest BCUT2D eigenvalue weighted by molar-refractivity contribution is 5.78. The molecule has 0 aliphatic carbocycles. The van der Waals surface area contributed by atoms with Crippen LogP contribution in [0.1, 0.15) is 17.5 Å². The number of nitrogens with one attached hydrogen (secondary N) is 1. The van der Waals surface area contributed by atoms with Crippen LogP contribution < -0.4 is 10.1 Å². The van der Waals surface area contributed by atoms with Gasteiger partial charge in [0.2, 0.25) is 5.91 Å². The molecule has 0 aliphatic rings. The fraction of sp³-hybridized carbons (Fsp3) is 0.500. The summed E-state index contributed by atoms with van der Waals surface area (Å²) < 4.78 is 5.70. The number of ether oxygens (including phenoxy) is 1. The minimum atomic E-state index is -0.866. The second kappa shape index (κ2) is 9.04. The van der Waals surface area contributed by atoms with Crippen LogP contribution in [0.25, 0.3) is 0 Å². The second-order valence-electron chi connectivity index (χ2n) is 5.30. The summed E-state index contributed by atoms with van der Waals surface area (Å²) >= 11 is 0. The summed E-state index contributed by atoms with van der Waals surface area (Å²) in [5, 5.41) is 11.3. The van der Waals surface area contributed by atoms with E-state index >= 15 is 0 Å². The average Bonchev–Trinajstić information content (AvgIpc) is 2.43. The van der Waals surface area contributed by atoms with Crippen molar-refractivity contribution in [3.8, 4) is 5.75 Å². The van der Waals surface area contributed by atoms with E-state index in [1.807, 2.05) is 32.0 Å². The number of carbonyl (C=O) groups is 2. The van der Waals surface area contributed by atoms with Crippen molar-refractivity contribution in [2.75, 3.05) is 33.3 Å². The van der Waals surface area contributed by atoms with Gasteiger partial charge in [-0.15, -0.1) is 0 Å². The van der Waals surface area contributed by atoms with E-state index in [-0.39, 0.29) is 18.9 Å². The van der Waals surface area contributed by atoms with Gasteiger partial charge in [-0.1, -0.05) is 18.2 Å². The molecule has 0 atom stereocenters. The third kappa shape index (κ3) is 6.58. The predicted octanol–water partition coefficient (Wildman–Crippen LogP) is 1.20. The van der Waals surface area contributed by atoms with Gasteiger partial charge in [0.05, 0.1) is 19.5 Å². The van der Waals surface area contributed by atoms with Gasteiger partial charge < -0.3 is 15.2 Å². The largest absolute Gasteiger partial charge is 0.491 e. The number of aliphatic carboxylic acids is 1. The van der Waals surface area contributed by atoms with Crippen LogP contribution in [-0.2, 0) is 9.59 Å². The van der Waals surface area contributed by atoms with Gasteiger partial charge in [-0.2, -0.15) is 0 Å². The summed E-state index contributed by atoms with van der Waals surface area (Å²) in [5.41, 5.74) is 2.14. The maximum atomic E-state index is 11.7. The van der Waals surface area contributed by atoms with E-state index in [9.17, 15) is 9.59 Å². The number of carboxylic acids is 1. The zero-order chi connectivity index (χ0) is 16.5. The molecule has 0 heterocycles. The molecule has 1 aromatic rings. The Morgan fingerprint density at radius 3 is 2.50 bits per heavy atom. The van der Waals surface area contributed by atoms with Crippen LogP contribution >= 0.6 is 0 Å². The Hall–Kier alpha value is -2.08. The van der Waals surface area contributed by atoms with Crippen LogP contribution in [0.5, 0.6) is 5.75 Å². The fourth-order valence-corrected chi connectivity index (χ4v) is 2.04. The molecule has 1 aromatic carbocycles. The van der Waals surface area contributed by atoms with Gasteiger partial charge in [-0.05, 0) is 32.0 Å². The van der Waals surface area contributed by atoms with Crippen LogP contribution in [0.15, 0.2) is 18.2 Å². The number of nitrogens with zero attached hydrogens (tertiary/aromatic N) is 1. The summed E-state index contributed by atoms with van der Waals surface area (Å²) in [5.74, 6) is -0.150. The van der Waals surface area contributed by atoms with E-state index in [4.69, 9.17) is 9.84 Å². The molecule has 6 heteroatoms. The lowest BCUT2D eigenvalue weighted by Crippen LogP contribution is -2.37. The van der Waals surface area contributed by atoms with Crippen molar-refractivity contribution >= 4 is 11.9 Å². The molecule has 1 rings (SSSR count). The first-order chi connectivity index (χ1) is 10.4. The van der Waals surface area contributed by atoms with Crippen LogP contribution in [0.4, 0.5) is 0 Å². The normalized spacial score (nSPS) is 10.5. The highest BCUT2D eigenvalue weighted by Gasteiger charge is 2.08. The molecule has 22 heavy (non-hydrogen) atoms. The standard InChI is InChI=1S/C16H24N2O4/c1-12-5-4-6-13(2)16(12)22-10-8-17-14(19)11-18(3)9-7-15(20)21/h4-6H,7-11H2,1-3H3,(H,17,19)(H,20,21). The topological polar surface area (TPSA) is 78.9 Å².